The minimum absolute atomic E-state index is 0.0619. The van der Waals surface area contributed by atoms with Crippen LogP contribution in [0.2, 0.25) is 0 Å². The van der Waals surface area contributed by atoms with Gasteiger partial charge in [-0.05, 0) is 72.6 Å². The molecule has 0 aliphatic heterocycles. The highest BCUT2D eigenvalue weighted by molar-refractivity contribution is 5.67. The van der Waals surface area contributed by atoms with Crippen LogP contribution in [0.5, 0.6) is 0 Å². The van der Waals surface area contributed by atoms with Gasteiger partial charge in [-0.2, -0.15) is 0 Å². The molecule has 4 nitrogen and oxygen atoms in total. The Kier molecular flexibility index (Phi) is 9.09. The number of benzene rings is 2. The second-order valence-electron chi connectivity index (χ2n) is 8.18. The molecule has 3 N–H and O–H groups in total. The van der Waals surface area contributed by atoms with Gasteiger partial charge in [0.1, 0.15) is 0 Å². The van der Waals surface area contributed by atoms with Crippen molar-refractivity contribution in [1.82, 2.24) is 0 Å². The van der Waals surface area contributed by atoms with Crippen LogP contribution in [0.15, 0.2) is 48.5 Å². The summed E-state index contributed by atoms with van der Waals surface area (Å²) in [6.07, 6.45) is 5.44. The Bertz CT molecular complexity index is 840. The normalized spacial score (nSPS) is 12.3. The van der Waals surface area contributed by atoms with E-state index in [4.69, 9.17) is 0 Å². The zero-order valence-electron chi connectivity index (χ0n) is 18.9. The van der Waals surface area contributed by atoms with Gasteiger partial charge in [0.05, 0.1) is 18.8 Å². The molecular formula is C26H37NO3. The molecule has 2 aromatic carbocycles. The average molecular weight is 412 g/mol. The van der Waals surface area contributed by atoms with Crippen LogP contribution in [0.25, 0.3) is 5.57 Å². The number of hydrogen-bond acceptors (Lipinski definition) is 4. The van der Waals surface area contributed by atoms with Crippen molar-refractivity contribution in [3.8, 4) is 0 Å². The first kappa shape index (κ1) is 24.1. The molecular weight excluding hydrogens is 374 g/mol. The fourth-order valence-corrected chi connectivity index (χ4v) is 3.71. The van der Waals surface area contributed by atoms with Crippen LogP contribution in [0, 0.1) is 0 Å². The van der Waals surface area contributed by atoms with Gasteiger partial charge < -0.3 is 20.2 Å². The molecule has 0 amide bonds. The maximum atomic E-state index is 10.5. The summed E-state index contributed by atoms with van der Waals surface area (Å²) in [5.41, 5.74) is 5.60. The zero-order chi connectivity index (χ0) is 22.1. The van der Waals surface area contributed by atoms with Gasteiger partial charge in [0, 0.05) is 19.3 Å². The topological polar surface area (TPSA) is 63.9 Å². The van der Waals surface area contributed by atoms with E-state index in [1.165, 1.54) is 11.1 Å². The monoisotopic (exact) mass is 411 g/mol. The smallest absolute Gasteiger partial charge is 0.0685 e. The van der Waals surface area contributed by atoms with Crippen molar-refractivity contribution in [1.29, 1.82) is 0 Å². The maximum absolute atomic E-state index is 10.5. The Balaban J connectivity index is 2.09. The third-order valence-electron chi connectivity index (χ3n) is 6.15. The highest BCUT2D eigenvalue weighted by atomic mass is 16.3. The summed E-state index contributed by atoms with van der Waals surface area (Å²) < 4.78 is 0. The van der Waals surface area contributed by atoms with Gasteiger partial charge in [-0.15, -0.1) is 0 Å². The van der Waals surface area contributed by atoms with Crippen LogP contribution in [0.1, 0.15) is 68.7 Å². The van der Waals surface area contributed by atoms with Gasteiger partial charge in [0.25, 0.3) is 0 Å². The minimum Gasteiger partial charge on any atom is -0.392 e. The Morgan fingerprint density at radius 3 is 2.33 bits per heavy atom. The van der Waals surface area contributed by atoms with Crippen LogP contribution < -0.4 is 4.90 Å². The lowest BCUT2D eigenvalue weighted by molar-refractivity contribution is 0.0246. The molecule has 0 aliphatic carbocycles. The molecule has 0 atom stereocenters. The van der Waals surface area contributed by atoms with E-state index >= 15 is 0 Å². The molecule has 30 heavy (non-hydrogen) atoms. The summed E-state index contributed by atoms with van der Waals surface area (Å²) in [6.45, 7) is 6.79. The van der Waals surface area contributed by atoms with E-state index < -0.39 is 5.60 Å². The predicted octanol–water partition coefficient (Wildman–Crippen LogP) is 5.04. The van der Waals surface area contributed by atoms with Gasteiger partial charge >= 0.3 is 0 Å². The number of allylic oxidation sites excluding steroid dienone is 2. The molecule has 0 unspecified atom stereocenters. The number of nitrogens with zero attached hydrogens (tertiary/aromatic N) is 1. The summed E-state index contributed by atoms with van der Waals surface area (Å²) in [6, 6.07) is 14.3. The molecule has 0 aromatic heterocycles. The number of hydrogen-bond donors (Lipinski definition) is 3. The van der Waals surface area contributed by atoms with Gasteiger partial charge in [-0.1, -0.05) is 50.3 Å². The first-order chi connectivity index (χ1) is 14.4. The van der Waals surface area contributed by atoms with Crippen molar-refractivity contribution >= 4 is 11.3 Å². The van der Waals surface area contributed by atoms with Gasteiger partial charge in [0.2, 0.25) is 0 Å². The van der Waals surface area contributed by atoms with Crippen LogP contribution in [0.4, 0.5) is 5.69 Å². The first-order valence-corrected chi connectivity index (χ1v) is 10.9. The summed E-state index contributed by atoms with van der Waals surface area (Å²) >= 11 is 0. The lowest BCUT2D eigenvalue weighted by Crippen LogP contribution is -2.25. The van der Waals surface area contributed by atoms with Crippen molar-refractivity contribution in [3.05, 3.63) is 70.8 Å². The van der Waals surface area contributed by atoms with Crippen LogP contribution >= 0.6 is 0 Å². The molecule has 0 saturated heterocycles. The molecule has 0 saturated carbocycles. The SMILES string of the molecule is CCC(O)(CC)CC/C=C(\C)c1cccc(N(C)Cc2ccc(CO)c(CO)c2)c1. The fraction of sp³-hybridized carbons (Fsp3) is 0.462. The largest absolute Gasteiger partial charge is 0.392 e. The Labute approximate surface area is 181 Å². The average Bonchev–Trinajstić information content (AvgIpc) is 2.78. The lowest BCUT2D eigenvalue weighted by Gasteiger charge is -2.24. The Hall–Kier alpha value is -2.14. The first-order valence-electron chi connectivity index (χ1n) is 10.9. The molecule has 0 bridgehead atoms. The summed E-state index contributed by atoms with van der Waals surface area (Å²) in [4.78, 5) is 2.18. The third kappa shape index (κ3) is 6.43. The van der Waals surface area contributed by atoms with Gasteiger partial charge in [-0.25, -0.2) is 0 Å². The van der Waals surface area contributed by atoms with E-state index in [0.29, 0.717) is 6.54 Å². The number of anilines is 1. The maximum Gasteiger partial charge on any atom is 0.0685 e. The molecule has 2 rings (SSSR count). The molecule has 164 valence electrons. The third-order valence-corrected chi connectivity index (χ3v) is 6.15. The van der Waals surface area contributed by atoms with Crippen LogP contribution in [-0.2, 0) is 19.8 Å². The lowest BCUT2D eigenvalue weighted by atomic mass is 9.91. The summed E-state index contributed by atoms with van der Waals surface area (Å²) in [5, 5.41) is 29.4. The second-order valence-corrected chi connectivity index (χ2v) is 8.18. The van der Waals surface area contributed by atoms with E-state index in [0.717, 1.165) is 48.1 Å². The molecule has 0 radical (unpaired) electrons. The summed E-state index contributed by atoms with van der Waals surface area (Å²) in [5.74, 6) is 0. The van der Waals surface area contributed by atoms with E-state index in [2.05, 4.69) is 49.2 Å². The fourth-order valence-electron chi connectivity index (χ4n) is 3.71. The number of rotatable bonds is 11. The Morgan fingerprint density at radius 2 is 1.70 bits per heavy atom. The predicted molar refractivity (Wildman–Crippen MR) is 125 cm³/mol. The van der Waals surface area contributed by atoms with Crippen molar-refractivity contribution in [3.63, 3.8) is 0 Å². The van der Waals surface area contributed by atoms with Gasteiger partial charge in [-0.3, -0.25) is 0 Å². The number of aliphatic hydroxyl groups is 3. The van der Waals surface area contributed by atoms with E-state index in [1.807, 2.05) is 32.0 Å². The van der Waals surface area contributed by atoms with Crippen molar-refractivity contribution in [2.24, 2.45) is 0 Å². The molecule has 0 fully saturated rings. The van der Waals surface area contributed by atoms with Crippen molar-refractivity contribution in [2.75, 3.05) is 11.9 Å². The van der Waals surface area contributed by atoms with Gasteiger partial charge in [0.15, 0.2) is 0 Å². The Morgan fingerprint density at radius 1 is 1.00 bits per heavy atom. The highest BCUT2D eigenvalue weighted by Crippen LogP contribution is 2.25. The van der Waals surface area contributed by atoms with Crippen LogP contribution in [-0.4, -0.2) is 28.0 Å². The molecule has 0 heterocycles. The van der Waals surface area contributed by atoms with E-state index in [-0.39, 0.29) is 13.2 Å². The standard InChI is InChI=1S/C26H37NO3/c1-5-26(30,6-2)14-8-9-20(3)22-10-7-11-25(16-22)27(4)17-21-12-13-23(18-28)24(15-21)19-29/h7,9-13,15-16,28-30H,5-6,8,14,17-19H2,1-4H3/b20-9+. The molecule has 0 aliphatic rings. The summed E-state index contributed by atoms with van der Waals surface area (Å²) in [7, 11) is 2.05. The number of aliphatic hydroxyl groups excluding tert-OH is 2. The van der Waals surface area contributed by atoms with Crippen molar-refractivity contribution < 1.29 is 15.3 Å². The van der Waals surface area contributed by atoms with Crippen LogP contribution in [0.3, 0.4) is 0 Å². The molecule has 4 heteroatoms. The zero-order valence-corrected chi connectivity index (χ0v) is 18.9. The van der Waals surface area contributed by atoms with Crippen molar-refractivity contribution in [2.45, 2.75) is 71.8 Å². The highest BCUT2D eigenvalue weighted by Gasteiger charge is 2.20. The molecule has 0 spiro atoms. The quantitative estimate of drug-likeness (QED) is 0.485. The molecule has 2 aromatic rings. The van der Waals surface area contributed by atoms with E-state index in [1.54, 1.807) is 0 Å². The van der Waals surface area contributed by atoms with E-state index in [9.17, 15) is 15.3 Å². The minimum atomic E-state index is -0.558. The second kappa shape index (κ2) is 11.3.